The molecule has 1 saturated heterocycles. The smallest absolute Gasteiger partial charge is 0.265 e. The van der Waals surface area contributed by atoms with Gasteiger partial charge in [0, 0.05) is 13.5 Å². The summed E-state index contributed by atoms with van der Waals surface area (Å²) >= 11 is 12.9. The molecule has 0 N–H and O–H groups in total. The second-order valence-corrected chi connectivity index (χ2v) is 9.13. The first kappa shape index (κ1) is 24.4. The number of rotatable bonds is 10. The summed E-state index contributed by atoms with van der Waals surface area (Å²) < 4.78 is 18.0. The summed E-state index contributed by atoms with van der Waals surface area (Å²) in [6.45, 7) is 5.44. The SMILES string of the molecule is CCOc1cc(/C=C2/SC(=S)N(C)C2=O)cc(Cl)c1OCCCOc1ccc(CC)cc1. The van der Waals surface area contributed by atoms with Crippen molar-refractivity contribution in [1.29, 1.82) is 0 Å². The van der Waals surface area contributed by atoms with Crippen LogP contribution in [0.3, 0.4) is 0 Å². The van der Waals surface area contributed by atoms with Crippen LogP contribution >= 0.6 is 35.6 Å². The van der Waals surface area contributed by atoms with Crippen LogP contribution in [0.4, 0.5) is 0 Å². The van der Waals surface area contributed by atoms with Crippen LogP contribution in [0.15, 0.2) is 41.3 Å². The lowest BCUT2D eigenvalue weighted by atomic mass is 10.1. The number of thioether (sulfide) groups is 1. The van der Waals surface area contributed by atoms with Crippen LogP contribution in [0.2, 0.25) is 5.02 Å². The summed E-state index contributed by atoms with van der Waals surface area (Å²) in [5.41, 5.74) is 2.03. The number of amides is 1. The Labute approximate surface area is 203 Å². The maximum Gasteiger partial charge on any atom is 0.265 e. The summed E-state index contributed by atoms with van der Waals surface area (Å²) in [6.07, 6.45) is 3.46. The highest BCUT2D eigenvalue weighted by Crippen LogP contribution is 2.39. The van der Waals surface area contributed by atoms with Gasteiger partial charge in [-0.05, 0) is 54.8 Å². The molecule has 2 aromatic carbocycles. The Balaban J connectivity index is 1.62. The van der Waals surface area contributed by atoms with Gasteiger partial charge in [0.1, 0.15) is 10.1 Å². The number of benzene rings is 2. The van der Waals surface area contributed by atoms with Crippen molar-refractivity contribution in [3.8, 4) is 17.2 Å². The molecule has 1 fully saturated rings. The minimum Gasteiger partial charge on any atom is -0.493 e. The summed E-state index contributed by atoms with van der Waals surface area (Å²) in [5, 5.41) is 0.422. The lowest BCUT2D eigenvalue weighted by molar-refractivity contribution is -0.121. The Morgan fingerprint density at radius 1 is 1.09 bits per heavy atom. The quantitative estimate of drug-likeness (QED) is 0.231. The van der Waals surface area contributed by atoms with E-state index in [-0.39, 0.29) is 5.91 Å². The molecule has 170 valence electrons. The molecule has 0 spiro atoms. The van der Waals surface area contributed by atoms with E-state index in [1.54, 1.807) is 19.2 Å². The third-order valence-corrected chi connectivity index (χ3v) is 6.52. The van der Waals surface area contributed by atoms with Crippen molar-refractivity contribution in [2.75, 3.05) is 26.9 Å². The summed E-state index contributed by atoms with van der Waals surface area (Å²) in [5.74, 6) is 1.74. The molecule has 8 heteroatoms. The van der Waals surface area contributed by atoms with Gasteiger partial charge in [0.2, 0.25) is 0 Å². The van der Waals surface area contributed by atoms with Gasteiger partial charge in [0.25, 0.3) is 5.91 Å². The topological polar surface area (TPSA) is 48.0 Å². The van der Waals surface area contributed by atoms with Crippen molar-refractivity contribution in [3.63, 3.8) is 0 Å². The Kier molecular flexibility index (Phi) is 8.84. The molecule has 0 radical (unpaired) electrons. The molecule has 0 atom stereocenters. The summed E-state index contributed by atoms with van der Waals surface area (Å²) in [4.78, 5) is 14.3. The number of likely N-dealkylation sites (N-methyl/N-ethyl adjacent to an activating group) is 1. The van der Waals surface area contributed by atoms with E-state index < -0.39 is 0 Å². The monoisotopic (exact) mass is 491 g/mol. The zero-order chi connectivity index (χ0) is 23.1. The second kappa shape index (κ2) is 11.6. The van der Waals surface area contributed by atoms with Crippen LogP contribution in [-0.4, -0.2) is 42.0 Å². The number of hydrogen-bond donors (Lipinski definition) is 0. The third-order valence-electron chi connectivity index (χ3n) is 4.75. The molecule has 0 aliphatic carbocycles. The molecule has 1 amide bonds. The fourth-order valence-corrected chi connectivity index (χ4v) is 4.47. The van der Waals surface area contributed by atoms with E-state index in [4.69, 9.17) is 38.0 Å². The van der Waals surface area contributed by atoms with Crippen LogP contribution in [0.5, 0.6) is 17.2 Å². The molecule has 0 unspecified atom stereocenters. The Bertz CT molecular complexity index is 1010. The number of halogens is 1. The third kappa shape index (κ3) is 6.18. The first-order chi connectivity index (χ1) is 15.4. The number of aryl methyl sites for hydroxylation is 1. The maximum atomic E-state index is 12.3. The van der Waals surface area contributed by atoms with Crippen LogP contribution in [0, 0.1) is 0 Å². The molecule has 5 nitrogen and oxygen atoms in total. The number of thiocarbonyl (C=S) groups is 1. The van der Waals surface area contributed by atoms with Crippen molar-refractivity contribution in [2.24, 2.45) is 0 Å². The first-order valence-corrected chi connectivity index (χ1v) is 12.1. The predicted molar refractivity (Wildman–Crippen MR) is 135 cm³/mol. The number of hydrogen-bond acceptors (Lipinski definition) is 6. The van der Waals surface area contributed by atoms with Crippen LogP contribution in [-0.2, 0) is 11.2 Å². The van der Waals surface area contributed by atoms with E-state index in [1.165, 1.54) is 22.2 Å². The molecule has 1 heterocycles. The van der Waals surface area contributed by atoms with E-state index in [9.17, 15) is 4.79 Å². The summed E-state index contributed by atoms with van der Waals surface area (Å²) in [7, 11) is 1.66. The van der Waals surface area contributed by atoms with Gasteiger partial charge in [-0.15, -0.1) is 0 Å². The van der Waals surface area contributed by atoms with E-state index in [1.807, 2.05) is 25.1 Å². The first-order valence-electron chi connectivity index (χ1n) is 10.4. The highest BCUT2D eigenvalue weighted by Gasteiger charge is 2.28. The maximum absolute atomic E-state index is 12.3. The summed E-state index contributed by atoms with van der Waals surface area (Å²) in [6, 6.07) is 11.7. The minimum absolute atomic E-state index is 0.126. The lowest BCUT2D eigenvalue weighted by Gasteiger charge is -2.15. The molecule has 0 aromatic heterocycles. The average Bonchev–Trinajstić information content (AvgIpc) is 3.02. The van der Waals surface area contributed by atoms with Crippen molar-refractivity contribution >= 4 is 51.9 Å². The van der Waals surface area contributed by atoms with Crippen LogP contribution in [0.25, 0.3) is 6.08 Å². The normalized spacial score (nSPS) is 14.9. The van der Waals surface area contributed by atoms with E-state index in [0.717, 1.165) is 17.7 Å². The van der Waals surface area contributed by atoms with Gasteiger partial charge in [0.05, 0.1) is 29.7 Å². The molecular weight excluding hydrogens is 466 g/mol. The van der Waals surface area contributed by atoms with Gasteiger partial charge < -0.3 is 14.2 Å². The van der Waals surface area contributed by atoms with Gasteiger partial charge in [-0.2, -0.15) is 0 Å². The average molecular weight is 492 g/mol. The molecule has 1 aliphatic heterocycles. The predicted octanol–water partition coefficient (Wildman–Crippen LogP) is 5.98. The number of carbonyl (C=O) groups excluding carboxylic acids is 1. The number of nitrogens with zero attached hydrogens (tertiary/aromatic N) is 1. The van der Waals surface area contributed by atoms with Gasteiger partial charge >= 0.3 is 0 Å². The van der Waals surface area contributed by atoms with E-state index in [0.29, 0.717) is 52.0 Å². The molecule has 2 aromatic rings. The zero-order valence-corrected chi connectivity index (χ0v) is 20.7. The fourth-order valence-electron chi connectivity index (χ4n) is 3.02. The number of carbonyl (C=O) groups is 1. The van der Waals surface area contributed by atoms with Gasteiger partial charge in [0.15, 0.2) is 11.5 Å². The Hall–Kier alpha value is -2.22. The lowest BCUT2D eigenvalue weighted by Crippen LogP contribution is -2.22. The van der Waals surface area contributed by atoms with Crippen LogP contribution < -0.4 is 14.2 Å². The van der Waals surface area contributed by atoms with E-state index in [2.05, 4.69) is 19.1 Å². The number of ether oxygens (including phenoxy) is 3. The van der Waals surface area contributed by atoms with E-state index >= 15 is 0 Å². The largest absolute Gasteiger partial charge is 0.493 e. The van der Waals surface area contributed by atoms with Gasteiger partial charge in [-0.25, -0.2) is 0 Å². The van der Waals surface area contributed by atoms with Gasteiger partial charge in [-0.3, -0.25) is 9.69 Å². The molecule has 0 saturated carbocycles. The Morgan fingerprint density at radius 3 is 2.44 bits per heavy atom. The van der Waals surface area contributed by atoms with Crippen molar-refractivity contribution in [1.82, 2.24) is 4.90 Å². The van der Waals surface area contributed by atoms with Gasteiger partial charge in [-0.1, -0.05) is 54.6 Å². The minimum atomic E-state index is -0.126. The van der Waals surface area contributed by atoms with Crippen LogP contribution in [0.1, 0.15) is 31.4 Å². The Morgan fingerprint density at radius 2 is 1.81 bits per heavy atom. The molecule has 32 heavy (non-hydrogen) atoms. The molecule has 0 bridgehead atoms. The highest BCUT2D eigenvalue weighted by molar-refractivity contribution is 8.26. The van der Waals surface area contributed by atoms with Crippen molar-refractivity contribution in [3.05, 3.63) is 57.5 Å². The highest BCUT2D eigenvalue weighted by atomic mass is 35.5. The van der Waals surface area contributed by atoms with Crippen molar-refractivity contribution in [2.45, 2.75) is 26.7 Å². The molecular formula is C24H26ClNO4S2. The molecule has 3 rings (SSSR count). The standard InChI is InChI=1S/C24H26ClNO4S2/c1-4-16-7-9-18(10-8-16)29-11-6-12-30-22-19(25)13-17(14-20(22)28-5-2)15-21-23(27)26(3)24(31)32-21/h7-10,13-15H,4-6,11-12H2,1-3H3/b21-15+. The zero-order valence-electron chi connectivity index (χ0n) is 18.4. The fraction of sp³-hybridized carbons (Fsp3) is 0.333. The van der Waals surface area contributed by atoms with Crippen molar-refractivity contribution < 1.29 is 19.0 Å². The second-order valence-electron chi connectivity index (χ2n) is 7.05. The molecule has 1 aliphatic rings.